The molecule has 0 aromatic carbocycles. The molecule has 20 heavy (non-hydrogen) atoms. The summed E-state index contributed by atoms with van der Waals surface area (Å²) in [5.41, 5.74) is 0.770. The summed E-state index contributed by atoms with van der Waals surface area (Å²) in [7, 11) is 1.51. The molecule has 4 nitrogen and oxygen atoms in total. The highest BCUT2D eigenvalue weighted by Crippen LogP contribution is 2.35. The van der Waals surface area contributed by atoms with Crippen molar-refractivity contribution >= 4 is 17.4 Å². The molecule has 0 atom stereocenters. The number of carbonyl (C=O) groups is 1. The number of nitrogens with zero attached hydrogens (tertiary/aromatic N) is 1. The van der Waals surface area contributed by atoms with Gasteiger partial charge in [-0.2, -0.15) is 0 Å². The summed E-state index contributed by atoms with van der Waals surface area (Å²) >= 11 is 6.24. The molecule has 0 aliphatic carbocycles. The molecule has 0 saturated heterocycles. The van der Waals surface area contributed by atoms with Gasteiger partial charge in [0.15, 0.2) is 17.3 Å². The Morgan fingerprint density at radius 3 is 2.70 bits per heavy atom. The number of Topliss-reactive ketones (excluding diaryl/α,β-unsaturated/α-hetero) is 1. The average molecular weight is 296 g/mol. The number of ether oxygens (including phenoxy) is 1. The van der Waals surface area contributed by atoms with Gasteiger partial charge >= 0.3 is 0 Å². The second kappa shape index (κ2) is 5.75. The first-order chi connectivity index (χ1) is 9.43. The average Bonchev–Trinajstić information content (AvgIpc) is 2.92. The monoisotopic (exact) mass is 295 g/mol. The van der Waals surface area contributed by atoms with E-state index in [4.69, 9.17) is 20.8 Å². The van der Waals surface area contributed by atoms with Gasteiger partial charge in [-0.05, 0) is 12.0 Å². The van der Waals surface area contributed by atoms with Gasteiger partial charge in [0.1, 0.15) is 5.69 Å². The molecule has 0 aliphatic rings. The van der Waals surface area contributed by atoms with Crippen molar-refractivity contribution in [1.82, 2.24) is 4.57 Å². The molecule has 0 radical (unpaired) electrons. The number of ketones is 1. The lowest BCUT2D eigenvalue weighted by molar-refractivity contribution is 0.0984. The van der Waals surface area contributed by atoms with Gasteiger partial charge in [-0.15, -0.1) is 0 Å². The zero-order valence-electron chi connectivity index (χ0n) is 12.1. The number of rotatable bonds is 5. The summed E-state index contributed by atoms with van der Waals surface area (Å²) < 4.78 is 12.8. The number of hydrogen-bond acceptors (Lipinski definition) is 3. The van der Waals surface area contributed by atoms with Crippen LogP contribution in [0.3, 0.4) is 0 Å². The molecule has 0 spiro atoms. The molecule has 0 amide bonds. The fourth-order valence-corrected chi connectivity index (χ4v) is 2.40. The van der Waals surface area contributed by atoms with Crippen molar-refractivity contribution < 1.29 is 13.9 Å². The second-order valence-electron chi connectivity index (χ2n) is 5.12. The zero-order valence-corrected chi connectivity index (χ0v) is 12.8. The molecule has 108 valence electrons. The standard InChI is InChI=1S/C15H18ClNO3/c1-9(2)8-17-6-5-11(16)14(17)12-7-13(19-4)15(20-12)10(3)18/h5-7,9H,8H2,1-4H3. The predicted molar refractivity (Wildman–Crippen MR) is 78.5 cm³/mol. The van der Waals surface area contributed by atoms with Crippen LogP contribution < -0.4 is 4.74 Å². The van der Waals surface area contributed by atoms with E-state index in [9.17, 15) is 4.79 Å². The van der Waals surface area contributed by atoms with E-state index < -0.39 is 0 Å². The molecule has 5 heteroatoms. The molecule has 0 bridgehead atoms. The van der Waals surface area contributed by atoms with Crippen LogP contribution in [0.25, 0.3) is 11.5 Å². The quantitative estimate of drug-likeness (QED) is 0.774. The van der Waals surface area contributed by atoms with Crippen molar-refractivity contribution in [2.75, 3.05) is 7.11 Å². The van der Waals surface area contributed by atoms with Crippen LogP contribution >= 0.6 is 11.6 Å². The van der Waals surface area contributed by atoms with Crippen LogP contribution in [0.15, 0.2) is 22.7 Å². The number of hydrogen-bond donors (Lipinski definition) is 0. The smallest absolute Gasteiger partial charge is 0.212 e. The SMILES string of the molecule is COc1cc(-c2c(Cl)ccn2CC(C)C)oc1C(C)=O. The van der Waals surface area contributed by atoms with Crippen LogP contribution in [-0.4, -0.2) is 17.5 Å². The molecule has 0 N–H and O–H groups in total. The maximum Gasteiger partial charge on any atom is 0.212 e. The number of methoxy groups -OCH3 is 1. The molecular formula is C15H18ClNO3. The summed E-state index contributed by atoms with van der Waals surface area (Å²) in [5, 5.41) is 0.595. The van der Waals surface area contributed by atoms with Crippen LogP contribution in [0, 0.1) is 5.92 Å². The van der Waals surface area contributed by atoms with E-state index in [1.807, 2.05) is 16.8 Å². The van der Waals surface area contributed by atoms with Crippen LogP contribution in [0.4, 0.5) is 0 Å². The predicted octanol–water partition coefficient (Wildman–Crippen LogP) is 4.27. The third kappa shape index (κ3) is 2.75. The summed E-state index contributed by atoms with van der Waals surface area (Å²) in [6.07, 6.45) is 1.92. The normalized spacial score (nSPS) is 11.1. The van der Waals surface area contributed by atoms with Crippen molar-refractivity contribution in [2.24, 2.45) is 5.92 Å². The Bertz CT molecular complexity index is 625. The fraction of sp³-hybridized carbons (Fsp3) is 0.400. The van der Waals surface area contributed by atoms with E-state index in [0.717, 1.165) is 12.2 Å². The fourth-order valence-electron chi connectivity index (χ4n) is 2.14. The van der Waals surface area contributed by atoms with Crippen molar-refractivity contribution in [1.29, 1.82) is 0 Å². The van der Waals surface area contributed by atoms with E-state index in [-0.39, 0.29) is 11.5 Å². The Balaban J connectivity index is 2.51. The third-order valence-corrected chi connectivity index (χ3v) is 3.25. The number of aromatic nitrogens is 1. The van der Waals surface area contributed by atoms with Gasteiger partial charge in [0.05, 0.1) is 12.1 Å². The third-order valence-electron chi connectivity index (χ3n) is 2.95. The van der Waals surface area contributed by atoms with E-state index >= 15 is 0 Å². The van der Waals surface area contributed by atoms with Crippen LogP contribution in [0.5, 0.6) is 5.75 Å². The number of carbonyl (C=O) groups excluding carboxylic acids is 1. The molecule has 0 fully saturated rings. The van der Waals surface area contributed by atoms with Crippen molar-refractivity contribution in [3.05, 3.63) is 29.1 Å². The molecule has 2 aromatic heterocycles. The minimum absolute atomic E-state index is 0.175. The van der Waals surface area contributed by atoms with E-state index in [1.54, 1.807) is 6.07 Å². The summed E-state index contributed by atoms with van der Waals surface area (Å²) in [5.74, 6) is 1.49. The minimum atomic E-state index is -0.175. The minimum Gasteiger partial charge on any atom is -0.493 e. The molecule has 2 rings (SSSR count). The first-order valence-corrected chi connectivity index (χ1v) is 6.85. The summed E-state index contributed by atoms with van der Waals surface area (Å²) in [4.78, 5) is 11.5. The second-order valence-corrected chi connectivity index (χ2v) is 5.53. The summed E-state index contributed by atoms with van der Waals surface area (Å²) in [6, 6.07) is 3.52. The van der Waals surface area contributed by atoms with Crippen LogP contribution in [-0.2, 0) is 6.54 Å². The Morgan fingerprint density at radius 2 is 2.20 bits per heavy atom. The Kier molecular flexibility index (Phi) is 4.23. The van der Waals surface area contributed by atoms with Gasteiger partial charge in [-0.1, -0.05) is 25.4 Å². The summed E-state index contributed by atoms with van der Waals surface area (Å²) in [6.45, 7) is 6.52. The van der Waals surface area contributed by atoms with Gasteiger partial charge < -0.3 is 13.7 Å². The highest BCUT2D eigenvalue weighted by atomic mass is 35.5. The highest BCUT2D eigenvalue weighted by Gasteiger charge is 2.21. The Morgan fingerprint density at radius 1 is 1.50 bits per heavy atom. The van der Waals surface area contributed by atoms with Gasteiger partial charge in [0, 0.05) is 25.7 Å². The van der Waals surface area contributed by atoms with Gasteiger partial charge in [-0.3, -0.25) is 4.79 Å². The maximum absolute atomic E-state index is 11.5. The Labute approximate surface area is 123 Å². The molecular weight excluding hydrogens is 278 g/mol. The molecule has 2 aromatic rings. The molecule has 2 heterocycles. The largest absolute Gasteiger partial charge is 0.493 e. The lowest BCUT2D eigenvalue weighted by Gasteiger charge is -2.10. The van der Waals surface area contributed by atoms with Gasteiger partial charge in [-0.25, -0.2) is 0 Å². The van der Waals surface area contributed by atoms with Crippen molar-refractivity contribution in [2.45, 2.75) is 27.3 Å². The molecule has 0 saturated carbocycles. The van der Waals surface area contributed by atoms with Crippen LogP contribution in [0.1, 0.15) is 31.3 Å². The first kappa shape index (κ1) is 14.7. The lowest BCUT2D eigenvalue weighted by atomic mass is 10.2. The lowest BCUT2D eigenvalue weighted by Crippen LogP contribution is -2.04. The number of furan rings is 1. The molecule has 0 aliphatic heterocycles. The van der Waals surface area contributed by atoms with Crippen molar-refractivity contribution in [3.63, 3.8) is 0 Å². The highest BCUT2D eigenvalue weighted by molar-refractivity contribution is 6.33. The van der Waals surface area contributed by atoms with Gasteiger partial charge in [0.2, 0.25) is 5.76 Å². The topological polar surface area (TPSA) is 44.4 Å². The zero-order chi connectivity index (χ0) is 14.9. The number of halogens is 1. The first-order valence-electron chi connectivity index (χ1n) is 6.47. The maximum atomic E-state index is 11.5. The van der Waals surface area contributed by atoms with Crippen LogP contribution in [0.2, 0.25) is 5.02 Å². The van der Waals surface area contributed by atoms with E-state index in [0.29, 0.717) is 22.5 Å². The van der Waals surface area contributed by atoms with Gasteiger partial charge in [0.25, 0.3) is 0 Å². The van der Waals surface area contributed by atoms with Crippen molar-refractivity contribution in [3.8, 4) is 17.2 Å². The Hall–Kier alpha value is -1.68. The van der Waals surface area contributed by atoms with E-state index in [2.05, 4.69) is 13.8 Å². The van der Waals surface area contributed by atoms with E-state index in [1.165, 1.54) is 14.0 Å². The molecule has 0 unspecified atom stereocenters.